The molecule has 0 unspecified atom stereocenters. The van der Waals surface area contributed by atoms with Gasteiger partial charge in [-0.05, 0) is 18.9 Å². The predicted molar refractivity (Wildman–Crippen MR) is 71.8 cm³/mol. The molecule has 90 valence electrons. The van der Waals surface area contributed by atoms with Gasteiger partial charge in [0.25, 0.3) is 0 Å². The maximum atomic E-state index is 6.08. The van der Waals surface area contributed by atoms with Crippen LogP contribution in [-0.2, 0) is 0 Å². The van der Waals surface area contributed by atoms with E-state index in [0.29, 0.717) is 27.7 Å². The minimum absolute atomic E-state index is 0.385. The molecule has 2 N–H and O–H groups in total. The Morgan fingerprint density at radius 2 is 1.75 bits per heavy atom. The smallest absolute Gasteiger partial charge is 0.147 e. The molecule has 0 spiro atoms. The highest BCUT2D eigenvalue weighted by Gasteiger charge is 2.11. The lowest BCUT2D eigenvalue weighted by Gasteiger charge is -2.17. The number of pyridine rings is 1. The van der Waals surface area contributed by atoms with Gasteiger partial charge in [0.1, 0.15) is 11.6 Å². The summed E-state index contributed by atoms with van der Waals surface area (Å²) in [6.45, 7) is 4.26. The second-order valence-electron chi connectivity index (χ2n) is 3.56. The zero-order valence-electron chi connectivity index (χ0n) is 9.77. The standard InChI is InChI=1S/C11H17Cl2N3/c1-4-7(5-2)15-11-9(13)6-8(12)10(14-3)16-11/h6-7H,4-5H2,1-3H3,(H2,14,15,16). The first-order valence-corrected chi connectivity index (χ1v) is 6.18. The first-order valence-electron chi connectivity index (χ1n) is 5.42. The first kappa shape index (κ1) is 13.4. The summed E-state index contributed by atoms with van der Waals surface area (Å²) < 4.78 is 0. The van der Waals surface area contributed by atoms with Gasteiger partial charge in [-0.3, -0.25) is 0 Å². The van der Waals surface area contributed by atoms with Crippen LogP contribution in [0.25, 0.3) is 0 Å². The van der Waals surface area contributed by atoms with Crippen molar-refractivity contribution in [3.63, 3.8) is 0 Å². The first-order chi connectivity index (χ1) is 7.62. The number of rotatable bonds is 5. The van der Waals surface area contributed by atoms with Crippen LogP contribution in [0.5, 0.6) is 0 Å². The molecule has 1 aromatic heterocycles. The van der Waals surface area contributed by atoms with Gasteiger partial charge in [0, 0.05) is 13.1 Å². The fraction of sp³-hybridized carbons (Fsp3) is 0.545. The third-order valence-electron chi connectivity index (χ3n) is 2.49. The number of nitrogens with one attached hydrogen (secondary N) is 2. The van der Waals surface area contributed by atoms with Crippen molar-refractivity contribution in [1.82, 2.24) is 4.98 Å². The van der Waals surface area contributed by atoms with Crippen LogP contribution < -0.4 is 10.6 Å². The Balaban J connectivity index is 2.95. The van der Waals surface area contributed by atoms with Gasteiger partial charge in [0.15, 0.2) is 0 Å². The van der Waals surface area contributed by atoms with E-state index in [9.17, 15) is 0 Å². The van der Waals surface area contributed by atoms with E-state index in [1.54, 1.807) is 13.1 Å². The van der Waals surface area contributed by atoms with Crippen molar-refractivity contribution in [2.24, 2.45) is 0 Å². The molecule has 5 heteroatoms. The van der Waals surface area contributed by atoms with Gasteiger partial charge in [-0.25, -0.2) is 4.98 Å². The van der Waals surface area contributed by atoms with E-state index in [4.69, 9.17) is 23.2 Å². The van der Waals surface area contributed by atoms with Crippen LogP contribution in [-0.4, -0.2) is 18.1 Å². The SMILES string of the molecule is CCC(CC)Nc1nc(NC)c(Cl)cc1Cl. The zero-order chi connectivity index (χ0) is 12.1. The molecule has 0 atom stereocenters. The highest BCUT2D eigenvalue weighted by Crippen LogP contribution is 2.29. The molecule has 0 radical (unpaired) electrons. The summed E-state index contributed by atoms with van der Waals surface area (Å²) in [7, 11) is 1.78. The number of aromatic nitrogens is 1. The Bertz CT molecular complexity index is 351. The van der Waals surface area contributed by atoms with Crippen molar-refractivity contribution in [2.75, 3.05) is 17.7 Å². The van der Waals surface area contributed by atoms with Crippen molar-refractivity contribution in [2.45, 2.75) is 32.7 Å². The fourth-order valence-corrected chi connectivity index (χ4v) is 1.94. The normalized spacial score (nSPS) is 10.6. The lowest BCUT2D eigenvalue weighted by Crippen LogP contribution is -2.18. The quantitative estimate of drug-likeness (QED) is 0.841. The summed E-state index contributed by atoms with van der Waals surface area (Å²) in [4.78, 5) is 4.34. The van der Waals surface area contributed by atoms with Crippen molar-refractivity contribution in [3.05, 3.63) is 16.1 Å². The van der Waals surface area contributed by atoms with Gasteiger partial charge in [-0.15, -0.1) is 0 Å². The summed E-state index contributed by atoms with van der Waals surface area (Å²) in [6, 6.07) is 2.09. The Hall–Kier alpha value is -0.670. The van der Waals surface area contributed by atoms with Crippen molar-refractivity contribution in [1.29, 1.82) is 0 Å². The van der Waals surface area contributed by atoms with Crippen LogP contribution >= 0.6 is 23.2 Å². The van der Waals surface area contributed by atoms with E-state index < -0.39 is 0 Å². The van der Waals surface area contributed by atoms with Crippen LogP contribution in [0.15, 0.2) is 6.07 Å². The van der Waals surface area contributed by atoms with Crippen molar-refractivity contribution in [3.8, 4) is 0 Å². The largest absolute Gasteiger partial charge is 0.372 e. The highest BCUT2D eigenvalue weighted by atomic mass is 35.5. The minimum Gasteiger partial charge on any atom is -0.372 e. The molecule has 0 amide bonds. The summed E-state index contributed by atoms with van der Waals surface area (Å²) >= 11 is 12.0. The van der Waals surface area contributed by atoms with E-state index in [0.717, 1.165) is 12.8 Å². The summed E-state index contributed by atoms with van der Waals surface area (Å²) in [5, 5.41) is 7.32. The van der Waals surface area contributed by atoms with Crippen molar-refractivity contribution >= 4 is 34.8 Å². The van der Waals surface area contributed by atoms with Crippen LogP contribution in [0.4, 0.5) is 11.6 Å². The third kappa shape index (κ3) is 3.16. The number of halogens is 2. The lowest BCUT2D eigenvalue weighted by atomic mass is 10.2. The summed E-state index contributed by atoms with van der Waals surface area (Å²) in [5.74, 6) is 1.32. The summed E-state index contributed by atoms with van der Waals surface area (Å²) in [5.41, 5.74) is 0. The van der Waals surface area contributed by atoms with E-state index in [1.807, 2.05) is 0 Å². The minimum atomic E-state index is 0.385. The highest BCUT2D eigenvalue weighted by molar-refractivity contribution is 6.37. The molecule has 0 saturated carbocycles. The molecule has 1 rings (SSSR count). The number of anilines is 2. The van der Waals surface area contributed by atoms with E-state index in [2.05, 4.69) is 29.5 Å². The molecule has 1 aromatic rings. The van der Waals surface area contributed by atoms with E-state index >= 15 is 0 Å². The molecule has 16 heavy (non-hydrogen) atoms. The van der Waals surface area contributed by atoms with Crippen LogP contribution in [0.3, 0.4) is 0 Å². The molecule has 3 nitrogen and oxygen atoms in total. The Morgan fingerprint density at radius 3 is 2.25 bits per heavy atom. The van der Waals surface area contributed by atoms with Crippen LogP contribution in [0.2, 0.25) is 10.0 Å². The third-order valence-corrected chi connectivity index (χ3v) is 3.07. The molecular formula is C11H17Cl2N3. The molecule has 1 heterocycles. The molecular weight excluding hydrogens is 245 g/mol. The van der Waals surface area contributed by atoms with E-state index in [1.165, 1.54) is 0 Å². The molecule has 0 aliphatic heterocycles. The number of nitrogens with zero attached hydrogens (tertiary/aromatic N) is 1. The molecule has 0 saturated heterocycles. The molecule has 0 aromatic carbocycles. The molecule has 0 aliphatic carbocycles. The van der Waals surface area contributed by atoms with Gasteiger partial charge in [0.2, 0.25) is 0 Å². The van der Waals surface area contributed by atoms with Gasteiger partial charge in [-0.1, -0.05) is 37.0 Å². The second kappa shape index (κ2) is 6.16. The molecule has 0 bridgehead atoms. The average molecular weight is 262 g/mol. The molecule has 0 fully saturated rings. The van der Waals surface area contributed by atoms with Gasteiger partial charge in [-0.2, -0.15) is 0 Å². The maximum Gasteiger partial charge on any atom is 0.147 e. The molecule has 0 aliphatic rings. The topological polar surface area (TPSA) is 37.0 Å². The maximum absolute atomic E-state index is 6.08. The second-order valence-corrected chi connectivity index (χ2v) is 4.37. The van der Waals surface area contributed by atoms with Gasteiger partial charge < -0.3 is 10.6 Å². The van der Waals surface area contributed by atoms with E-state index in [-0.39, 0.29) is 0 Å². The van der Waals surface area contributed by atoms with Gasteiger partial charge in [0.05, 0.1) is 10.0 Å². The Kier molecular flexibility index (Phi) is 5.16. The fourth-order valence-electron chi connectivity index (χ4n) is 1.43. The number of hydrogen-bond donors (Lipinski definition) is 2. The van der Waals surface area contributed by atoms with Crippen LogP contribution in [0, 0.1) is 0 Å². The number of hydrogen-bond acceptors (Lipinski definition) is 3. The Morgan fingerprint density at radius 1 is 1.19 bits per heavy atom. The summed E-state index contributed by atoms with van der Waals surface area (Å²) in [6.07, 6.45) is 2.07. The van der Waals surface area contributed by atoms with Crippen LogP contribution in [0.1, 0.15) is 26.7 Å². The monoisotopic (exact) mass is 261 g/mol. The average Bonchev–Trinajstić information content (AvgIpc) is 2.28. The van der Waals surface area contributed by atoms with Gasteiger partial charge >= 0.3 is 0 Å². The Labute approximate surface area is 107 Å². The lowest BCUT2D eigenvalue weighted by molar-refractivity contribution is 0.669. The predicted octanol–water partition coefficient (Wildman–Crippen LogP) is 4.03. The zero-order valence-corrected chi connectivity index (χ0v) is 11.3. The van der Waals surface area contributed by atoms with Crippen molar-refractivity contribution < 1.29 is 0 Å².